The third-order valence-corrected chi connectivity index (χ3v) is 6.08. The molecule has 1 aromatic rings. The summed E-state index contributed by atoms with van der Waals surface area (Å²) in [7, 11) is -3.65. The molecular weight excluding hydrogens is 384 g/mol. The van der Waals surface area contributed by atoms with E-state index in [1.165, 1.54) is 16.4 Å². The Balaban J connectivity index is 2.13. The van der Waals surface area contributed by atoms with Crippen LogP contribution in [0, 0.1) is 0 Å². The predicted octanol–water partition coefficient (Wildman–Crippen LogP) is 1.49. The van der Waals surface area contributed by atoms with Gasteiger partial charge < -0.3 is 5.11 Å². The van der Waals surface area contributed by atoms with Crippen LogP contribution in [0.15, 0.2) is 27.6 Å². The largest absolute Gasteiger partial charge is 0.480 e. The highest BCUT2D eigenvalue weighted by molar-refractivity contribution is 9.10. The average molecular weight is 398 g/mol. The molecule has 0 radical (unpaired) electrons. The van der Waals surface area contributed by atoms with Crippen LogP contribution in [0.2, 0.25) is 5.02 Å². The van der Waals surface area contributed by atoms with Gasteiger partial charge in [-0.2, -0.15) is 4.31 Å². The lowest BCUT2D eigenvalue weighted by Gasteiger charge is -2.33. The van der Waals surface area contributed by atoms with Crippen LogP contribution >= 0.6 is 27.5 Å². The average Bonchev–Trinajstić information content (AvgIpc) is 2.38. The first-order valence-electron chi connectivity index (χ1n) is 6.20. The molecule has 9 heteroatoms. The molecule has 0 aliphatic carbocycles. The van der Waals surface area contributed by atoms with Gasteiger partial charge in [-0.15, -0.1) is 0 Å². The molecule has 1 fully saturated rings. The molecule has 1 aromatic carbocycles. The van der Waals surface area contributed by atoms with Crippen LogP contribution in [0.25, 0.3) is 0 Å². The first kappa shape index (κ1) is 16.7. The number of nitrogens with zero attached hydrogens (tertiary/aromatic N) is 2. The molecule has 0 amide bonds. The number of carboxylic acids is 1. The van der Waals surface area contributed by atoms with Crippen LogP contribution in [0.1, 0.15) is 0 Å². The molecule has 1 aliphatic heterocycles. The van der Waals surface area contributed by atoms with Gasteiger partial charge >= 0.3 is 5.97 Å². The fourth-order valence-electron chi connectivity index (χ4n) is 2.14. The number of aliphatic carboxylic acids is 1. The number of hydrogen-bond donors (Lipinski definition) is 1. The predicted molar refractivity (Wildman–Crippen MR) is 82.0 cm³/mol. The first-order chi connectivity index (χ1) is 9.80. The molecule has 2 rings (SSSR count). The molecule has 0 bridgehead atoms. The Morgan fingerprint density at radius 2 is 1.90 bits per heavy atom. The number of benzene rings is 1. The van der Waals surface area contributed by atoms with Crippen LogP contribution in [-0.2, 0) is 14.8 Å². The van der Waals surface area contributed by atoms with Gasteiger partial charge in [0.05, 0.1) is 11.6 Å². The SMILES string of the molecule is O=C(O)CN1CCN(S(=O)(=O)c2ccc(Br)cc2Cl)CC1. The summed E-state index contributed by atoms with van der Waals surface area (Å²) >= 11 is 9.24. The van der Waals surface area contributed by atoms with Gasteiger partial charge in [-0.1, -0.05) is 27.5 Å². The van der Waals surface area contributed by atoms with Gasteiger partial charge in [0.2, 0.25) is 10.0 Å². The van der Waals surface area contributed by atoms with E-state index in [4.69, 9.17) is 16.7 Å². The molecule has 0 atom stereocenters. The summed E-state index contributed by atoms with van der Waals surface area (Å²) in [6.45, 7) is 1.20. The van der Waals surface area contributed by atoms with Crippen molar-refractivity contribution in [2.75, 3.05) is 32.7 Å². The van der Waals surface area contributed by atoms with Crippen molar-refractivity contribution in [1.82, 2.24) is 9.21 Å². The highest BCUT2D eigenvalue weighted by Crippen LogP contribution is 2.28. The van der Waals surface area contributed by atoms with Crippen molar-refractivity contribution in [3.8, 4) is 0 Å². The maximum Gasteiger partial charge on any atom is 0.317 e. The highest BCUT2D eigenvalue weighted by Gasteiger charge is 2.30. The molecule has 1 saturated heterocycles. The van der Waals surface area contributed by atoms with Crippen LogP contribution in [-0.4, -0.2) is 61.4 Å². The lowest BCUT2D eigenvalue weighted by Crippen LogP contribution is -2.49. The van der Waals surface area contributed by atoms with Crippen molar-refractivity contribution in [3.63, 3.8) is 0 Å². The number of rotatable bonds is 4. The normalized spacial score (nSPS) is 17.8. The summed E-state index contributed by atoms with van der Waals surface area (Å²) in [5.41, 5.74) is 0. The molecule has 1 N–H and O–H groups in total. The zero-order valence-electron chi connectivity index (χ0n) is 11.0. The molecule has 21 heavy (non-hydrogen) atoms. The topological polar surface area (TPSA) is 77.9 Å². The zero-order chi connectivity index (χ0) is 15.6. The van der Waals surface area contributed by atoms with Crippen molar-refractivity contribution >= 4 is 43.5 Å². The molecule has 0 aromatic heterocycles. The lowest BCUT2D eigenvalue weighted by atomic mass is 10.3. The van der Waals surface area contributed by atoms with E-state index in [-0.39, 0.29) is 29.6 Å². The third-order valence-electron chi connectivity index (χ3n) is 3.20. The third kappa shape index (κ3) is 3.95. The Morgan fingerprint density at radius 1 is 1.29 bits per heavy atom. The van der Waals surface area contributed by atoms with Crippen LogP contribution in [0.3, 0.4) is 0 Å². The fraction of sp³-hybridized carbons (Fsp3) is 0.417. The van der Waals surface area contributed by atoms with Gasteiger partial charge in [0, 0.05) is 30.7 Å². The molecule has 6 nitrogen and oxygen atoms in total. The maximum atomic E-state index is 12.5. The summed E-state index contributed by atoms with van der Waals surface area (Å²) in [6.07, 6.45) is 0. The second kappa shape index (κ2) is 6.62. The van der Waals surface area contributed by atoms with E-state index >= 15 is 0 Å². The van der Waals surface area contributed by atoms with Gasteiger partial charge in [-0.3, -0.25) is 9.69 Å². The van der Waals surface area contributed by atoms with E-state index in [2.05, 4.69) is 15.9 Å². The minimum absolute atomic E-state index is 0.0686. The van der Waals surface area contributed by atoms with E-state index in [0.29, 0.717) is 17.6 Å². The van der Waals surface area contributed by atoms with Crippen molar-refractivity contribution in [1.29, 1.82) is 0 Å². The second-order valence-electron chi connectivity index (χ2n) is 4.65. The molecule has 0 unspecified atom stereocenters. The Hall–Kier alpha value is -0.670. The number of hydrogen-bond acceptors (Lipinski definition) is 4. The summed E-state index contributed by atoms with van der Waals surface area (Å²) in [6, 6.07) is 4.62. The summed E-state index contributed by atoms with van der Waals surface area (Å²) < 4.78 is 27.1. The molecule has 1 heterocycles. The zero-order valence-corrected chi connectivity index (χ0v) is 14.2. The fourth-order valence-corrected chi connectivity index (χ4v) is 4.58. The van der Waals surface area contributed by atoms with E-state index in [1.54, 1.807) is 11.0 Å². The molecule has 0 saturated carbocycles. The minimum Gasteiger partial charge on any atom is -0.480 e. The quantitative estimate of drug-likeness (QED) is 0.833. The summed E-state index contributed by atoms with van der Waals surface area (Å²) in [5, 5.41) is 8.90. The van der Waals surface area contributed by atoms with Gasteiger partial charge in [-0.05, 0) is 18.2 Å². The van der Waals surface area contributed by atoms with Gasteiger partial charge in [0.25, 0.3) is 0 Å². The number of halogens is 2. The van der Waals surface area contributed by atoms with Crippen molar-refractivity contribution in [2.24, 2.45) is 0 Å². The Morgan fingerprint density at radius 3 is 2.43 bits per heavy atom. The van der Waals surface area contributed by atoms with Gasteiger partial charge in [0.15, 0.2) is 0 Å². The van der Waals surface area contributed by atoms with Crippen molar-refractivity contribution in [2.45, 2.75) is 4.90 Å². The number of sulfonamides is 1. The minimum atomic E-state index is -3.65. The molecule has 1 aliphatic rings. The first-order valence-corrected chi connectivity index (χ1v) is 8.81. The van der Waals surface area contributed by atoms with Crippen molar-refractivity contribution < 1.29 is 18.3 Å². The number of carboxylic acid groups (broad SMARTS) is 1. The van der Waals surface area contributed by atoms with E-state index in [9.17, 15) is 13.2 Å². The molecular formula is C12H14BrClN2O4S. The smallest absolute Gasteiger partial charge is 0.317 e. The second-order valence-corrected chi connectivity index (χ2v) is 7.88. The van der Waals surface area contributed by atoms with Gasteiger partial charge in [0.1, 0.15) is 4.90 Å². The van der Waals surface area contributed by atoms with Crippen LogP contribution in [0.5, 0.6) is 0 Å². The van der Waals surface area contributed by atoms with Crippen LogP contribution < -0.4 is 0 Å². The summed E-state index contributed by atoms with van der Waals surface area (Å²) in [5.74, 6) is -0.915. The van der Waals surface area contributed by atoms with Gasteiger partial charge in [-0.25, -0.2) is 8.42 Å². The molecule has 0 spiro atoms. The Bertz CT molecular complexity index is 645. The monoisotopic (exact) mass is 396 g/mol. The number of carbonyl (C=O) groups is 1. The number of piperazine rings is 1. The van der Waals surface area contributed by atoms with E-state index in [1.807, 2.05) is 0 Å². The van der Waals surface area contributed by atoms with Crippen LogP contribution in [0.4, 0.5) is 0 Å². The Labute approximate surface area is 136 Å². The van der Waals surface area contributed by atoms with Crippen molar-refractivity contribution in [3.05, 3.63) is 27.7 Å². The Kier molecular flexibility index (Phi) is 5.26. The van der Waals surface area contributed by atoms with E-state index in [0.717, 1.165) is 0 Å². The maximum absolute atomic E-state index is 12.5. The lowest BCUT2D eigenvalue weighted by molar-refractivity contribution is -0.138. The molecule has 116 valence electrons. The van der Waals surface area contributed by atoms with E-state index < -0.39 is 16.0 Å². The highest BCUT2D eigenvalue weighted by atomic mass is 79.9. The summed E-state index contributed by atoms with van der Waals surface area (Å²) in [4.78, 5) is 12.4. The standard InChI is InChI=1S/C12H14BrClN2O4S/c13-9-1-2-11(10(14)7-9)21(19,20)16-5-3-15(4-6-16)8-12(17)18/h1-2,7H,3-6,8H2,(H,17,18).